The molecule has 0 saturated carbocycles. The van der Waals surface area contributed by atoms with Crippen molar-refractivity contribution in [3.8, 4) is 0 Å². The molecular weight excluding hydrogens is 318 g/mol. The van der Waals surface area contributed by atoms with Crippen LogP contribution in [0.25, 0.3) is 0 Å². The number of rotatable bonds is 4. The zero-order valence-electron chi connectivity index (χ0n) is 10.1. The highest BCUT2D eigenvalue weighted by atomic mass is 79.9. The quantitative estimate of drug-likeness (QED) is 0.903. The van der Waals surface area contributed by atoms with E-state index in [2.05, 4.69) is 30.5 Å². The van der Waals surface area contributed by atoms with Gasteiger partial charge in [-0.25, -0.2) is 18.1 Å². The summed E-state index contributed by atoms with van der Waals surface area (Å²) in [5.74, 6) is 0.966. The van der Waals surface area contributed by atoms with Crippen LogP contribution in [0.5, 0.6) is 0 Å². The van der Waals surface area contributed by atoms with Gasteiger partial charge in [-0.1, -0.05) is 0 Å². The Hall–Kier alpha value is -0.660. The van der Waals surface area contributed by atoms with Crippen molar-refractivity contribution in [3.63, 3.8) is 0 Å². The van der Waals surface area contributed by atoms with E-state index in [-0.39, 0.29) is 11.8 Å². The summed E-state index contributed by atoms with van der Waals surface area (Å²) >= 11 is 3.34. The second-order valence-corrected chi connectivity index (χ2v) is 7.20. The predicted octanol–water partition coefficient (Wildman–Crippen LogP) is 1.36. The van der Waals surface area contributed by atoms with Gasteiger partial charge in [0.1, 0.15) is 5.82 Å². The fourth-order valence-corrected chi connectivity index (χ4v) is 3.44. The molecule has 1 unspecified atom stereocenters. The van der Waals surface area contributed by atoms with Gasteiger partial charge in [0, 0.05) is 23.3 Å². The van der Waals surface area contributed by atoms with Crippen LogP contribution in [0.4, 0.5) is 5.82 Å². The molecule has 100 valence electrons. The Kier molecular flexibility index (Phi) is 4.24. The number of sulfonamides is 1. The van der Waals surface area contributed by atoms with Crippen molar-refractivity contribution in [1.82, 2.24) is 9.71 Å². The Labute approximate surface area is 116 Å². The summed E-state index contributed by atoms with van der Waals surface area (Å²) in [5.41, 5.74) is 0. The largest absolute Gasteiger partial charge is 0.353 e. The minimum atomic E-state index is -3.18. The molecule has 1 aliphatic rings. The monoisotopic (exact) mass is 333 g/mol. The summed E-state index contributed by atoms with van der Waals surface area (Å²) in [6.45, 7) is 0.860. The van der Waals surface area contributed by atoms with Gasteiger partial charge in [-0.15, -0.1) is 0 Å². The average Bonchev–Trinajstić information content (AvgIpc) is 2.77. The van der Waals surface area contributed by atoms with E-state index < -0.39 is 10.0 Å². The van der Waals surface area contributed by atoms with Gasteiger partial charge in [0.05, 0.1) is 5.75 Å². The highest BCUT2D eigenvalue weighted by Crippen LogP contribution is 2.25. The molecule has 2 heterocycles. The van der Waals surface area contributed by atoms with E-state index in [1.807, 2.05) is 12.1 Å². The molecule has 0 aliphatic carbocycles. The number of aromatic nitrogens is 1. The minimum absolute atomic E-state index is 0.0103. The highest BCUT2D eigenvalue weighted by Gasteiger charge is 2.29. The molecule has 1 atom stereocenters. The van der Waals surface area contributed by atoms with E-state index in [9.17, 15) is 8.42 Å². The molecule has 5 nitrogen and oxygen atoms in total. The van der Waals surface area contributed by atoms with Crippen LogP contribution in [-0.4, -0.2) is 38.8 Å². The summed E-state index contributed by atoms with van der Waals surface area (Å²) in [4.78, 5) is 6.40. The van der Waals surface area contributed by atoms with Crippen LogP contribution in [0.15, 0.2) is 22.8 Å². The standard InChI is InChI=1S/C11H16BrN3O2S/c1-13-18(16,17)8-10-3-2-6-15(10)11-5-4-9(12)7-14-11/h4-5,7,10,13H,2-3,6,8H2,1H3. The van der Waals surface area contributed by atoms with Crippen LogP contribution >= 0.6 is 15.9 Å². The molecule has 0 bridgehead atoms. The van der Waals surface area contributed by atoms with Gasteiger partial charge >= 0.3 is 0 Å². The molecule has 1 aromatic rings. The van der Waals surface area contributed by atoms with Gasteiger partial charge < -0.3 is 4.90 Å². The van der Waals surface area contributed by atoms with Crippen LogP contribution in [0.3, 0.4) is 0 Å². The van der Waals surface area contributed by atoms with Gasteiger partial charge in [-0.05, 0) is 48.0 Å². The first-order valence-electron chi connectivity index (χ1n) is 5.81. The first-order chi connectivity index (χ1) is 8.52. The zero-order valence-corrected chi connectivity index (χ0v) is 12.5. The molecule has 1 aromatic heterocycles. The molecule has 1 fully saturated rings. The summed E-state index contributed by atoms with van der Waals surface area (Å²) in [5, 5.41) is 0. The maximum absolute atomic E-state index is 11.6. The lowest BCUT2D eigenvalue weighted by molar-refractivity contribution is 0.577. The van der Waals surface area contributed by atoms with Crippen LogP contribution in [0.2, 0.25) is 0 Å². The molecule has 0 spiro atoms. The molecular formula is C11H16BrN3O2S. The lowest BCUT2D eigenvalue weighted by Crippen LogP contribution is -2.38. The molecule has 1 aliphatic heterocycles. The van der Waals surface area contributed by atoms with Crippen molar-refractivity contribution in [1.29, 1.82) is 0 Å². The Balaban J connectivity index is 2.15. The molecule has 0 aromatic carbocycles. The molecule has 1 saturated heterocycles. The fourth-order valence-electron chi connectivity index (χ4n) is 2.19. The predicted molar refractivity (Wildman–Crippen MR) is 75.2 cm³/mol. The van der Waals surface area contributed by atoms with Crippen molar-refractivity contribution in [2.75, 3.05) is 24.2 Å². The highest BCUT2D eigenvalue weighted by molar-refractivity contribution is 9.10. The van der Waals surface area contributed by atoms with E-state index in [4.69, 9.17) is 0 Å². The summed E-state index contributed by atoms with van der Waals surface area (Å²) < 4.78 is 26.5. The molecule has 0 amide bonds. The summed E-state index contributed by atoms with van der Waals surface area (Å²) in [7, 11) is -1.73. The van der Waals surface area contributed by atoms with Crippen molar-refractivity contribution >= 4 is 31.8 Å². The second-order valence-electron chi connectivity index (χ2n) is 4.31. The second kappa shape index (κ2) is 5.54. The number of pyridine rings is 1. The number of hydrogen-bond donors (Lipinski definition) is 1. The van der Waals surface area contributed by atoms with Crippen LogP contribution < -0.4 is 9.62 Å². The molecule has 18 heavy (non-hydrogen) atoms. The smallest absolute Gasteiger partial charge is 0.213 e. The van der Waals surface area contributed by atoms with E-state index in [0.29, 0.717) is 0 Å². The topological polar surface area (TPSA) is 62.3 Å². The van der Waals surface area contributed by atoms with Gasteiger partial charge in [0.25, 0.3) is 0 Å². The van der Waals surface area contributed by atoms with Gasteiger partial charge in [0.15, 0.2) is 0 Å². The van der Waals surface area contributed by atoms with Crippen molar-refractivity contribution in [2.45, 2.75) is 18.9 Å². The maximum Gasteiger partial charge on any atom is 0.213 e. The lowest BCUT2D eigenvalue weighted by atomic mass is 10.2. The van der Waals surface area contributed by atoms with Crippen LogP contribution in [-0.2, 0) is 10.0 Å². The first kappa shape index (κ1) is 13.8. The van der Waals surface area contributed by atoms with E-state index in [1.54, 1.807) is 6.20 Å². The third-order valence-electron chi connectivity index (χ3n) is 3.11. The molecule has 2 rings (SSSR count). The molecule has 7 heteroatoms. The Morgan fingerprint density at radius 3 is 2.94 bits per heavy atom. The number of halogens is 1. The fraction of sp³-hybridized carbons (Fsp3) is 0.545. The van der Waals surface area contributed by atoms with Crippen molar-refractivity contribution < 1.29 is 8.42 Å². The first-order valence-corrected chi connectivity index (χ1v) is 8.26. The third kappa shape index (κ3) is 3.21. The minimum Gasteiger partial charge on any atom is -0.353 e. The Morgan fingerprint density at radius 2 is 2.33 bits per heavy atom. The summed E-state index contributed by atoms with van der Waals surface area (Å²) in [6.07, 6.45) is 3.62. The normalized spacial score (nSPS) is 20.3. The number of hydrogen-bond acceptors (Lipinski definition) is 4. The van der Waals surface area contributed by atoms with E-state index >= 15 is 0 Å². The lowest BCUT2D eigenvalue weighted by Gasteiger charge is -2.25. The Bertz CT molecular complexity index is 504. The zero-order chi connectivity index (χ0) is 13.2. The molecule has 0 radical (unpaired) electrons. The van der Waals surface area contributed by atoms with E-state index in [0.717, 1.165) is 29.7 Å². The number of anilines is 1. The number of nitrogens with zero attached hydrogens (tertiary/aromatic N) is 2. The van der Waals surface area contributed by atoms with E-state index in [1.165, 1.54) is 7.05 Å². The number of nitrogens with one attached hydrogen (secondary N) is 1. The van der Waals surface area contributed by atoms with Crippen LogP contribution in [0.1, 0.15) is 12.8 Å². The van der Waals surface area contributed by atoms with Crippen LogP contribution in [0, 0.1) is 0 Å². The van der Waals surface area contributed by atoms with Gasteiger partial charge in [0.2, 0.25) is 10.0 Å². The maximum atomic E-state index is 11.6. The SMILES string of the molecule is CNS(=O)(=O)CC1CCCN1c1ccc(Br)cn1. The van der Waals surface area contributed by atoms with Crippen molar-refractivity contribution in [2.24, 2.45) is 0 Å². The average molecular weight is 334 g/mol. The van der Waals surface area contributed by atoms with Gasteiger partial charge in [-0.3, -0.25) is 0 Å². The summed E-state index contributed by atoms with van der Waals surface area (Å²) in [6, 6.07) is 3.84. The van der Waals surface area contributed by atoms with Gasteiger partial charge in [-0.2, -0.15) is 0 Å². The van der Waals surface area contributed by atoms with Crippen molar-refractivity contribution in [3.05, 3.63) is 22.8 Å². The molecule has 1 N–H and O–H groups in total. The Morgan fingerprint density at radius 1 is 1.56 bits per heavy atom. The third-order valence-corrected chi connectivity index (χ3v) is 5.02.